The van der Waals surface area contributed by atoms with Crippen LogP contribution in [0.1, 0.15) is 53.2 Å². The van der Waals surface area contributed by atoms with Crippen LogP contribution in [0.4, 0.5) is 0 Å². The largest absolute Gasteiger partial charge is 0.386 e. The van der Waals surface area contributed by atoms with Crippen molar-refractivity contribution in [1.82, 2.24) is 9.88 Å². The van der Waals surface area contributed by atoms with Crippen molar-refractivity contribution in [2.45, 2.75) is 37.8 Å². The smallest absolute Gasteiger partial charge is 0.268 e. The van der Waals surface area contributed by atoms with Crippen molar-refractivity contribution in [2.75, 3.05) is 6.54 Å². The van der Waals surface area contributed by atoms with Crippen LogP contribution in [0.25, 0.3) is 0 Å². The molecular weight excluding hydrogens is 320 g/mol. The van der Waals surface area contributed by atoms with Crippen molar-refractivity contribution < 1.29 is 9.90 Å². The van der Waals surface area contributed by atoms with Gasteiger partial charge in [0, 0.05) is 23.7 Å². The third-order valence-electron chi connectivity index (χ3n) is 4.11. The van der Waals surface area contributed by atoms with Crippen LogP contribution in [-0.4, -0.2) is 22.1 Å². The Balaban J connectivity index is 1.61. The van der Waals surface area contributed by atoms with E-state index in [9.17, 15) is 9.90 Å². The first-order valence-corrected chi connectivity index (χ1v) is 8.73. The van der Waals surface area contributed by atoms with Gasteiger partial charge in [0.2, 0.25) is 0 Å². The maximum absolute atomic E-state index is 12.4. The van der Waals surface area contributed by atoms with E-state index in [4.69, 9.17) is 11.6 Å². The molecule has 118 valence electrons. The number of amides is 1. The SMILES string of the molecule is O=C(NCC(O)c1ccc(Cl)s1)c1cccn1C1CCCC1. The first-order chi connectivity index (χ1) is 10.6. The maximum Gasteiger partial charge on any atom is 0.268 e. The van der Waals surface area contributed by atoms with Gasteiger partial charge in [-0.2, -0.15) is 0 Å². The first-order valence-electron chi connectivity index (χ1n) is 7.53. The van der Waals surface area contributed by atoms with E-state index < -0.39 is 6.10 Å². The second-order valence-electron chi connectivity index (χ2n) is 5.61. The molecule has 2 heterocycles. The van der Waals surface area contributed by atoms with Gasteiger partial charge in [-0.15, -0.1) is 11.3 Å². The second kappa shape index (κ2) is 6.86. The molecule has 1 unspecified atom stereocenters. The Hall–Kier alpha value is -1.30. The molecule has 4 nitrogen and oxygen atoms in total. The highest BCUT2D eigenvalue weighted by Gasteiger charge is 2.21. The number of carbonyl (C=O) groups excluding carboxylic acids is 1. The summed E-state index contributed by atoms with van der Waals surface area (Å²) in [4.78, 5) is 13.1. The minimum atomic E-state index is -0.726. The number of halogens is 1. The summed E-state index contributed by atoms with van der Waals surface area (Å²) >= 11 is 7.19. The van der Waals surface area contributed by atoms with Crippen LogP contribution in [0.5, 0.6) is 0 Å². The minimum Gasteiger partial charge on any atom is -0.386 e. The number of thiophene rings is 1. The average molecular weight is 339 g/mol. The van der Waals surface area contributed by atoms with Crippen molar-refractivity contribution in [3.8, 4) is 0 Å². The summed E-state index contributed by atoms with van der Waals surface area (Å²) in [5, 5.41) is 12.9. The van der Waals surface area contributed by atoms with Crippen LogP contribution in [0.2, 0.25) is 4.34 Å². The predicted molar refractivity (Wildman–Crippen MR) is 88.6 cm³/mol. The summed E-state index contributed by atoms with van der Waals surface area (Å²) < 4.78 is 2.70. The lowest BCUT2D eigenvalue weighted by Gasteiger charge is -2.16. The Bertz CT molecular complexity index is 646. The first kappa shape index (κ1) is 15.6. The Morgan fingerprint density at radius 3 is 2.86 bits per heavy atom. The summed E-state index contributed by atoms with van der Waals surface area (Å²) in [6.45, 7) is 0.186. The summed E-state index contributed by atoms with van der Waals surface area (Å²) in [6, 6.07) is 7.70. The Morgan fingerprint density at radius 2 is 2.18 bits per heavy atom. The van der Waals surface area contributed by atoms with Crippen molar-refractivity contribution in [3.05, 3.63) is 45.4 Å². The number of hydrogen-bond acceptors (Lipinski definition) is 3. The lowest BCUT2D eigenvalue weighted by atomic mass is 10.2. The molecule has 6 heteroatoms. The van der Waals surface area contributed by atoms with Gasteiger partial charge in [0.05, 0.1) is 4.34 Å². The molecule has 0 radical (unpaired) electrons. The summed E-state index contributed by atoms with van der Waals surface area (Å²) in [6.07, 6.45) is 5.96. The molecule has 3 rings (SSSR count). The molecule has 2 aromatic heterocycles. The highest BCUT2D eigenvalue weighted by atomic mass is 35.5. The van der Waals surface area contributed by atoms with Gasteiger partial charge in [0.15, 0.2) is 0 Å². The zero-order chi connectivity index (χ0) is 15.5. The molecule has 1 aliphatic carbocycles. The fourth-order valence-electron chi connectivity index (χ4n) is 2.97. The molecule has 0 bridgehead atoms. The van der Waals surface area contributed by atoms with E-state index in [0.29, 0.717) is 16.1 Å². The minimum absolute atomic E-state index is 0.140. The van der Waals surface area contributed by atoms with Crippen LogP contribution < -0.4 is 5.32 Å². The molecular formula is C16H19ClN2O2S. The van der Waals surface area contributed by atoms with Crippen LogP contribution in [0, 0.1) is 0 Å². The van der Waals surface area contributed by atoms with Crippen molar-refractivity contribution >= 4 is 28.8 Å². The van der Waals surface area contributed by atoms with Crippen molar-refractivity contribution in [1.29, 1.82) is 0 Å². The van der Waals surface area contributed by atoms with E-state index in [2.05, 4.69) is 9.88 Å². The highest BCUT2D eigenvalue weighted by molar-refractivity contribution is 7.16. The molecule has 1 fully saturated rings. The predicted octanol–water partition coefficient (Wildman–Crippen LogP) is 3.78. The van der Waals surface area contributed by atoms with Gasteiger partial charge in [-0.3, -0.25) is 4.79 Å². The van der Waals surface area contributed by atoms with Crippen LogP contribution >= 0.6 is 22.9 Å². The van der Waals surface area contributed by atoms with E-state index in [0.717, 1.165) is 17.7 Å². The normalized spacial score (nSPS) is 16.8. The standard InChI is InChI=1S/C16H19ClN2O2S/c17-15-8-7-14(22-15)13(20)10-18-16(21)12-6-3-9-19(12)11-4-1-2-5-11/h3,6-9,11,13,20H,1-2,4-5,10H2,(H,18,21). The zero-order valence-corrected chi connectivity index (χ0v) is 13.7. The Labute approximate surface area is 138 Å². The van der Waals surface area contributed by atoms with E-state index in [1.165, 1.54) is 24.2 Å². The van der Waals surface area contributed by atoms with Gasteiger partial charge >= 0.3 is 0 Å². The van der Waals surface area contributed by atoms with Crippen molar-refractivity contribution in [2.24, 2.45) is 0 Å². The maximum atomic E-state index is 12.4. The van der Waals surface area contributed by atoms with Crippen LogP contribution in [0.15, 0.2) is 30.5 Å². The molecule has 0 aliphatic heterocycles. The number of hydrogen-bond donors (Lipinski definition) is 2. The van der Waals surface area contributed by atoms with E-state index >= 15 is 0 Å². The number of rotatable bonds is 5. The van der Waals surface area contributed by atoms with E-state index in [1.54, 1.807) is 12.1 Å². The topological polar surface area (TPSA) is 54.3 Å². The number of carbonyl (C=O) groups is 1. The summed E-state index contributed by atoms with van der Waals surface area (Å²) in [7, 11) is 0. The van der Waals surface area contributed by atoms with Crippen LogP contribution in [0.3, 0.4) is 0 Å². The molecule has 1 aliphatic rings. The average Bonchev–Trinajstić information content (AvgIpc) is 3.23. The monoisotopic (exact) mass is 338 g/mol. The molecule has 0 aromatic carbocycles. The number of nitrogens with zero attached hydrogens (tertiary/aromatic N) is 1. The van der Waals surface area contributed by atoms with Crippen molar-refractivity contribution in [3.63, 3.8) is 0 Å². The van der Waals surface area contributed by atoms with Gasteiger partial charge < -0.3 is 15.0 Å². The molecule has 1 saturated carbocycles. The highest BCUT2D eigenvalue weighted by Crippen LogP contribution is 2.31. The fraction of sp³-hybridized carbons (Fsp3) is 0.438. The number of aliphatic hydroxyl groups excluding tert-OH is 1. The zero-order valence-electron chi connectivity index (χ0n) is 12.2. The molecule has 0 saturated heterocycles. The number of nitrogens with one attached hydrogen (secondary N) is 1. The third kappa shape index (κ3) is 3.37. The molecule has 22 heavy (non-hydrogen) atoms. The molecule has 2 aromatic rings. The quantitative estimate of drug-likeness (QED) is 0.871. The van der Waals surface area contributed by atoms with Gasteiger partial charge in [0.25, 0.3) is 5.91 Å². The van der Waals surface area contributed by atoms with E-state index in [1.807, 2.05) is 18.3 Å². The summed E-state index contributed by atoms with van der Waals surface area (Å²) in [5.74, 6) is -0.140. The summed E-state index contributed by atoms with van der Waals surface area (Å²) in [5.41, 5.74) is 0.670. The number of aromatic nitrogens is 1. The van der Waals surface area contributed by atoms with Gasteiger partial charge in [-0.05, 0) is 37.1 Å². The van der Waals surface area contributed by atoms with Gasteiger partial charge in [-0.1, -0.05) is 24.4 Å². The Morgan fingerprint density at radius 1 is 1.41 bits per heavy atom. The van der Waals surface area contributed by atoms with Gasteiger partial charge in [-0.25, -0.2) is 0 Å². The second-order valence-corrected chi connectivity index (χ2v) is 7.35. The fourth-order valence-corrected chi connectivity index (χ4v) is 4.02. The number of aliphatic hydroxyl groups is 1. The lowest BCUT2D eigenvalue weighted by Crippen LogP contribution is -2.30. The van der Waals surface area contributed by atoms with E-state index in [-0.39, 0.29) is 12.5 Å². The van der Waals surface area contributed by atoms with Crippen LogP contribution in [-0.2, 0) is 0 Å². The molecule has 1 amide bonds. The van der Waals surface area contributed by atoms with Gasteiger partial charge in [0.1, 0.15) is 11.8 Å². The molecule has 1 atom stereocenters. The Kier molecular flexibility index (Phi) is 4.86. The third-order valence-corrected chi connectivity index (χ3v) is 5.44. The molecule has 0 spiro atoms. The lowest BCUT2D eigenvalue weighted by molar-refractivity contribution is 0.0906. The molecule has 2 N–H and O–H groups in total.